The van der Waals surface area contributed by atoms with E-state index in [0.717, 1.165) is 29.3 Å². The molecule has 2 aromatic rings. The highest BCUT2D eigenvalue weighted by molar-refractivity contribution is 14.0. The van der Waals surface area contributed by atoms with E-state index in [0.29, 0.717) is 25.6 Å². The number of benzene rings is 1. The second-order valence-corrected chi connectivity index (χ2v) is 6.17. The highest BCUT2D eigenvalue weighted by Gasteiger charge is 2.14. The van der Waals surface area contributed by atoms with Crippen LogP contribution in [-0.2, 0) is 13.0 Å². The van der Waals surface area contributed by atoms with E-state index in [1.165, 1.54) is 0 Å². The van der Waals surface area contributed by atoms with Gasteiger partial charge in [0.1, 0.15) is 23.7 Å². The van der Waals surface area contributed by atoms with Crippen molar-refractivity contribution in [1.82, 2.24) is 25.4 Å². The molecule has 0 amide bonds. The standard InChI is InChI=1S/C20H30N6O2.HI/c1-6-10-21-20(22-11-12-26-14-23-25-19(26)7-2)24-15(3)17-13-16(27-4)8-9-18(17)28-5;/h6,8-9,13-15H,1,7,10-12H2,2-5H3,(H2,21,22,24);1H. The summed E-state index contributed by atoms with van der Waals surface area (Å²) < 4.78 is 12.9. The van der Waals surface area contributed by atoms with Gasteiger partial charge in [0.2, 0.25) is 0 Å². The van der Waals surface area contributed by atoms with Crippen LogP contribution < -0.4 is 20.1 Å². The molecule has 0 fully saturated rings. The van der Waals surface area contributed by atoms with Gasteiger partial charge in [-0.3, -0.25) is 4.99 Å². The second kappa shape index (κ2) is 13.0. The molecule has 160 valence electrons. The van der Waals surface area contributed by atoms with Gasteiger partial charge in [-0.2, -0.15) is 0 Å². The minimum absolute atomic E-state index is 0. The summed E-state index contributed by atoms with van der Waals surface area (Å²) in [5.41, 5.74) is 0.988. The maximum absolute atomic E-state index is 5.50. The zero-order chi connectivity index (χ0) is 20.4. The minimum Gasteiger partial charge on any atom is -0.497 e. The maximum Gasteiger partial charge on any atom is 0.192 e. The lowest BCUT2D eigenvalue weighted by Crippen LogP contribution is -2.39. The molecule has 1 unspecified atom stereocenters. The highest BCUT2D eigenvalue weighted by Crippen LogP contribution is 2.29. The Bertz CT molecular complexity index is 793. The van der Waals surface area contributed by atoms with Gasteiger partial charge in [0.25, 0.3) is 0 Å². The summed E-state index contributed by atoms with van der Waals surface area (Å²) in [6.45, 7) is 9.80. The molecular formula is C20H31IN6O2. The molecule has 0 radical (unpaired) electrons. The summed E-state index contributed by atoms with van der Waals surface area (Å²) in [6.07, 6.45) is 4.38. The van der Waals surface area contributed by atoms with Gasteiger partial charge in [-0.25, -0.2) is 0 Å². The molecular weight excluding hydrogens is 483 g/mol. The normalized spacial score (nSPS) is 11.9. The third-order valence-electron chi connectivity index (χ3n) is 4.29. The van der Waals surface area contributed by atoms with E-state index < -0.39 is 0 Å². The first kappa shape index (κ1) is 24.7. The fraction of sp³-hybridized carbons (Fsp3) is 0.450. The van der Waals surface area contributed by atoms with Crippen molar-refractivity contribution in [1.29, 1.82) is 0 Å². The lowest BCUT2D eigenvalue weighted by atomic mass is 10.1. The number of guanidine groups is 1. The molecule has 0 saturated heterocycles. The summed E-state index contributed by atoms with van der Waals surface area (Å²) in [5.74, 6) is 3.23. The van der Waals surface area contributed by atoms with Gasteiger partial charge >= 0.3 is 0 Å². The van der Waals surface area contributed by atoms with Crippen molar-refractivity contribution in [3.63, 3.8) is 0 Å². The van der Waals surface area contributed by atoms with Crippen molar-refractivity contribution in [3.8, 4) is 11.5 Å². The van der Waals surface area contributed by atoms with Gasteiger partial charge < -0.3 is 24.7 Å². The Balaban J connectivity index is 0.00000420. The van der Waals surface area contributed by atoms with Crippen LogP contribution in [0, 0.1) is 0 Å². The molecule has 0 aliphatic rings. The minimum atomic E-state index is -0.0396. The average Bonchev–Trinajstić information content (AvgIpc) is 3.18. The lowest BCUT2D eigenvalue weighted by Gasteiger charge is -2.21. The second-order valence-electron chi connectivity index (χ2n) is 6.17. The van der Waals surface area contributed by atoms with Crippen molar-refractivity contribution in [2.24, 2.45) is 4.99 Å². The number of aryl methyl sites for hydroxylation is 1. The largest absolute Gasteiger partial charge is 0.497 e. The van der Waals surface area contributed by atoms with Crippen molar-refractivity contribution < 1.29 is 9.47 Å². The van der Waals surface area contributed by atoms with Crippen LogP contribution in [0.3, 0.4) is 0 Å². The van der Waals surface area contributed by atoms with Crippen LogP contribution in [0.5, 0.6) is 11.5 Å². The summed E-state index contributed by atoms with van der Waals surface area (Å²) in [6, 6.07) is 5.71. The van der Waals surface area contributed by atoms with E-state index in [4.69, 9.17) is 9.47 Å². The Morgan fingerprint density at radius 3 is 2.79 bits per heavy atom. The molecule has 9 heteroatoms. The summed E-state index contributed by atoms with van der Waals surface area (Å²) >= 11 is 0. The first-order valence-electron chi connectivity index (χ1n) is 9.37. The lowest BCUT2D eigenvalue weighted by molar-refractivity contribution is 0.394. The average molecular weight is 514 g/mol. The fourth-order valence-electron chi connectivity index (χ4n) is 2.79. The molecule has 0 bridgehead atoms. The molecule has 1 aromatic heterocycles. The summed E-state index contributed by atoms with van der Waals surface area (Å²) in [7, 11) is 3.31. The quantitative estimate of drug-likeness (QED) is 0.220. The van der Waals surface area contributed by atoms with Gasteiger partial charge in [0, 0.05) is 25.1 Å². The van der Waals surface area contributed by atoms with E-state index in [9.17, 15) is 0 Å². The first-order chi connectivity index (χ1) is 13.6. The maximum atomic E-state index is 5.50. The first-order valence-corrected chi connectivity index (χ1v) is 9.37. The van der Waals surface area contributed by atoms with E-state index in [2.05, 4.69) is 46.2 Å². The van der Waals surface area contributed by atoms with Gasteiger partial charge in [0.05, 0.1) is 26.8 Å². The van der Waals surface area contributed by atoms with Gasteiger partial charge in [-0.05, 0) is 25.1 Å². The molecule has 2 rings (SSSR count). The predicted octanol–water partition coefficient (Wildman–Crippen LogP) is 2.96. The molecule has 0 spiro atoms. The van der Waals surface area contributed by atoms with Gasteiger partial charge in [0.15, 0.2) is 5.96 Å². The highest BCUT2D eigenvalue weighted by atomic mass is 127. The van der Waals surface area contributed by atoms with Gasteiger partial charge in [-0.1, -0.05) is 13.0 Å². The van der Waals surface area contributed by atoms with Crippen LogP contribution in [0.1, 0.15) is 31.3 Å². The number of methoxy groups -OCH3 is 2. The molecule has 1 aromatic carbocycles. The summed E-state index contributed by atoms with van der Waals surface area (Å²) in [4.78, 5) is 4.67. The van der Waals surface area contributed by atoms with Crippen LogP contribution in [0.4, 0.5) is 0 Å². The van der Waals surface area contributed by atoms with Gasteiger partial charge in [-0.15, -0.1) is 40.8 Å². The van der Waals surface area contributed by atoms with Crippen LogP contribution in [0.2, 0.25) is 0 Å². The monoisotopic (exact) mass is 514 g/mol. The Morgan fingerprint density at radius 1 is 1.34 bits per heavy atom. The third kappa shape index (κ3) is 7.22. The van der Waals surface area contributed by atoms with E-state index in [-0.39, 0.29) is 30.0 Å². The molecule has 1 atom stereocenters. The van der Waals surface area contributed by atoms with Crippen molar-refractivity contribution in [2.75, 3.05) is 27.3 Å². The Labute approximate surface area is 189 Å². The van der Waals surface area contributed by atoms with E-state index in [1.807, 2.05) is 22.8 Å². The molecule has 1 heterocycles. The summed E-state index contributed by atoms with van der Waals surface area (Å²) in [5, 5.41) is 14.7. The SMILES string of the molecule is C=CCNC(=NCCn1cnnc1CC)NC(C)c1cc(OC)ccc1OC.I. The number of hydrogen-bond acceptors (Lipinski definition) is 5. The molecule has 8 nitrogen and oxygen atoms in total. The number of hydrogen-bond donors (Lipinski definition) is 2. The number of aromatic nitrogens is 3. The van der Waals surface area contributed by atoms with Crippen LogP contribution >= 0.6 is 24.0 Å². The molecule has 29 heavy (non-hydrogen) atoms. The Hall–Kier alpha value is -2.30. The number of ether oxygens (including phenoxy) is 2. The van der Waals surface area contributed by atoms with E-state index in [1.54, 1.807) is 26.6 Å². The van der Waals surface area contributed by atoms with Crippen LogP contribution in [0.25, 0.3) is 0 Å². The van der Waals surface area contributed by atoms with E-state index >= 15 is 0 Å². The molecule has 0 saturated carbocycles. The number of aliphatic imine (C=N–C) groups is 1. The third-order valence-corrected chi connectivity index (χ3v) is 4.29. The topological polar surface area (TPSA) is 85.6 Å². The van der Waals surface area contributed by atoms with Crippen LogP contribution in [0.15, 0.2) is 42.2 Å². The number of nitrogens with one attached hydrogen (secondary N) is 2. The molecule has 0 aliphatic heterocycles. The number of nitrogens with zero attached hydrogens (tertiary/aromatic N) is 4. The number of rotatable bonds is 10. The zero-order valence-electron chi connectivity index (χ0n) is 17.5. The van der Waals surface area contributed by atoms with Crippen molar-refractivity contribution >= 4 is 29.9 Å². The molecule has 2 N–H and O–H groups in total. The predicted molar refractivity (Wildman–Crippen MR) is 126 cm³/mol. The smallest absolute Gasteiger partial charge is 0.192 e. The van der Waals surface area contributed by atoms with Crippen LogP contribution in [-0.4, -0.2) is 48.0 Å². The fourth-order valence-corrected chi connectivity index (χ4v) is 2.79. The zero-order valence-corrected chi connectivity index (χ0v) is 19.8. The Kier molecular flexibility index (Phi) is 11.1. The molecule has 0 aliphatic carbocycles. The van der Waals surface area contributed by atoms with Crippen molar-refractivity contribution in [2.45, 2.75) is 32.9 Å². The number of halogens is 1. The Morgan fingerprint density at radius 2 is 2.14 bits per heavy atom. The van der Waals surface area contributed by atoms with Crippen molar-refractivity contribution in [3.05, 3.63) is 48.6 Å².